The Morgan fingerprint density at radius 2 is 1.38 bits per heavy atom. The van der Waals surface area contributed by atoms with Gasteiger partial charge in [0.15, 0.2) is 0 Å². The fourth-order valence-corrected chi connectivity index (χ4v) is 7.70. The summed E-state index contributed by atoms with van der Waals surface area (Å²) < 4.78 is 34.1. The van der Waals surface area contributed by atoms with Gasteiger partial charge >= 0.3 is 6.09 Å². The summed E-state index contributed by atoms with van der Waals surface area (Å²) in [6, 6.07) is 23.2. The highest BCUT2D eigenvalue weighted by Crippen LogP contribution is 2.31. The number of ether oxygens (including phenoxy) is 1. The molecule has 3 aromatic carbocycles. The quantitative estimate of drug-likeness (QED) is 0.130. The van der Waals surface area contributed by atoms with E-state index in [1.807, 2.05) is 95.3 Å². The first-order valence-corrected chi connectivity index (χ1v) is 18.7. The Labute approximate surface area is 298 Å². The van der Waals surface area contributed by atoms with Gasteiger partial charge in [0.2, 0.25) is 15.9 Å². The smallest absolute Gasteiger partial charge is 0.407 e. The number of hydrogen-bond acceptors (Lipinski definition) is 7. The fourth-order valence-electron chi connectivity index (χ4n) is 6.04. The molecule has 3 atom stereocenters. The van der Waals surface area contributed by atoms with Crippen LogP contribution in [0.1, 0.15) is 82.9 Å². The van der Waals surface area contributed by atoms with Crippen molar-refractivity contribution in [1.82, 2.24) is 14.9 Å². The van der Waals surface area contributed by atoms with Gasteiger partial charge in [-0.05, 0) is 65.8 Å². The predicted octanol–water partition coefficient (Wildman–Crippen LogP) is 5.83. The molecule has 0 fully saturated rings. The molecular formula is C39H55N3O7S. The molecule has 3 aromatic rings. The number of amides is 2. The molecule has 0 aliphatic rings. The maximum Gasteiger partial charge on any atom is 0.407 e. The van der Waals surface area contributed by atoms with E-state index >= 15 is 0 Å². The number of sulfonamides is 1. The van der Waals surface area contributed by atoms with Gasteiger partial charge in [-0.3, -0.25) is 4.79 Å². The molecule has 0 aromatic heterocycles. The first kappa shape index (κ1) is 40.7. The van der Waals surface area contributed by atoms with E-state index in [-0.39, 0.29) is 42.5 Å². The minimum absolute atomic E-state index is 0.104. The predicted molar refractivity (Wildman–Crippen MR) is 196 cm³/mol. The van der Waals surface area contributed by atoms with Gasteiger partial charge in [0, 0.05) is 24.5 Å². The summed E-state index contributed by atoms with van der Waals surface area (Å²) in [5.74, 6) is -0.646. The van der Waals surface area contributed by atoms with Crippen LogP contribution in [0.3, 0.4) is 0 Å². The van der Waals surface area contributed by atoms with Crippen molar-refractivity contribution < 1.29 is 33.0 Å². The van der Waals surface area contributed by atoms with E-state index in [0.29, 0.717) is 31.2 Å². The number of methoxy groups -OCH3 is 1. The molecule has 274 valence electrons. The third-order valence-electron chi connectivity index (χ3n) is 9.04. The summed E-state index contributed by atoms with van der Waals surface area (Å²) in [5, 5.41) is 26.0. The molecule has 0 unspecified atom stereocenters. The number of aliphatic hydroxyl groups is 2. The summed E-state index contributed by atoms with van der Waals surface area (Å²) in [4.78, 5) is 27.0. The largest absolute Gasteiger partial charge is 0.453 e. The average Bonchev–Trinajstić information content (AvgIpc) is 3.10. The van der Waals surface area contributed by atoms with Gasteiger partial charge in [-0.15, -0.1) is 0 Å². The summed E-state index contributed by atoms with van der Waals surface area (Å²) in [7, 11) is -2.69. The zero-order valence-electron chi connectivity index (χ0n) is 30.2. The van der Waals surface area contributed by atoms with Crippen LogP contribution >= 0.6 is 0 Å². The number of nitrogens with one attached hydrogen (secondary N) is 2. The second kappa shape index (κ2) is 19.0. The van der Waals surface area contributed by atoms with Gasteiger partial charge in [0.1, 0.15) is 6.04 Å². The van der Waals surface area contributed by atoms with E-state index in [1.165, 1.54) is 23.5 Å². The van der Waals surface area contributed by atoms with Crippen LogP contribution in [-0.2, 0) is 26.2 Å². The number of rotatable bonds is 18. The summed E-state index contributed by atoms with van der Waals surface area (Å²) in [6.45, 7) is 9.79. The van der Waals surface area contributed by atoms with E-state index in [9.17, 15) is 28.2 Å². The Morgan fingerprint density at radius 1 is 0.820 bits per heavy atom. The Hall–Kier alpha value is -3.77. The molecule has 11 heteroatoms. The third-order valence-corrected chi connectivity index (χ3v) is 11.0. The van der Waals surface area contributed by atoms with Crippen molar-refractivity contribution >= 4 is 22.0 Å². The van der Waals surface area contributed by atoms with Crippen LogP contribution in [0.2, 0.25) is 0 Å². The molecule has 0 heterocycles. The lowest BCUT2D eigenvalue weighted by Gasteiger charge is -2.36. The molecule has 0 saturated carbocycles. The average molecular weight is 710 g/mol. The van der Waals surface area contributed by atoms with Gasteiger partial charge in [-0.1, -0.05) is 107 Å². The molecule has 2 amide bonds. The molecule has 0 saturated heterocycles. The van der Waals surface area contributed by atoms with E-state index in [1.54, 1.807) is 12.1 Å². The van der Waals surface area contributed by atoms with E-state index in [2.05, 4.69) is 10.6 Å². The highest BCUT2D eigenvalue weighted by Gasteiger charge is 2.37. The van der Waals surface area contributed by atoms with Crippen LogP contribution in [0.4, 0.5) is 4.79 Å². The van der Waals surface area contributed by atoms with Crippen LogP contribution in [0.25, 0.3) is 0 Å². The van der Waals surface area contributed by atoms with Crippen LogP contribution in [0.15, 0.2) is 89.8 Å². The zero-order chi connectivity index (χ0) is 36.9. The molecule has 3 rings (SSSR count). The number of nitrogens with zero attached hydrogens (tertiary/aromatic N) is 1. The van der Waals surface area contributed by atoms with Crippen LogP contribution in [0, 0.1) is 11.3 Å². The van der Waals surface area contributed by atoms with Gasteiger partial charge in [-0.2, -0.15) is 4.31 Å². The third kappa shape index (κ3) is 11.4. The zero-order valence-corrected chi connectivity index (χ0v) is 31.0. The maximum atomic E-state index is 14.3. The van der Waals surface area contributed by atoms with Gasteiger partial charge < -0.3 is 25.6 Å². The van der Waals surface area contributed by atoms with Crippen molar-refractivity contribution in [3.8, 4) is 0 Å². The van der Waals surface area contributed by atoms with Crippen LogP contribution in [0.5, 0.6) is 0 Å². The molecule has 0 aliphatic heterocycles. The normalized spacial score (nSPS) is 14.0. The Morgan fingerprint density at radius 3 is 1.84 bits per heavy atom. The summed E-state index contributed by atoms with van der Waals surface area (Å²) >= 11 is 0. The second-order valence-corrected chi connectivity index (χ2v) is 16.1. The van der Waals surface area contributed by atoms with Crippen molar-refractivity contribution in [3.05, 3.63) is 102 Å². The molecular weight excluding hydrogens is 655 g/mol. The Balaban J connectivity index is 1.87. The Kier molecular flexibility index (Phi) is 15.5. The van der Waals surface area contributed by atoms with Crippen molar-refractivity contribution in [2.45, 2.75) is 95.8 Å². The first-order chi connectivity index (χ1) is 23.7. The van der Waals surface area contributed by atoms with Crippen LogP contribution < -0.4 is 10.6 Å². The number of benzene rings is 3. The summed E-state index contributed by atoms with van der Waals surface area (Å²) in [5.41, 5.74) is 1.91. The number of carbonyl (C=O) groups is 2. The topological polar surface area (TPSA) is 145 Å². The highest BCUT2D eigenvalue weighted by molar-refractivity contribution is 7.89. The van der Waals surface area contributed by atoms with Crippen molar-refractivity contribution in [1.29, 1.82) is 0 Å². The lowest BCUT2D eigenvalue weighted by Crippen LogP contribution is -2.55. The van der Waals surface area contributed by atoms with Gasteiger partial charge in [0.05, 0.1) is 25.2 Å². The van der Waals surface area contributed by atoms with Gasteiger partial charge in [0.25, 0.3) is 0 Å². The van der Waals surface area contributed by atoms with E-state index < -0.39 is 39.5 Å². The summed E-state index contributed by atoms with van der Waals surface area (Å²) in [6.07, 6.45) is 1.27. The monoisotopic (exact) mass is 709 g/mol. The number of aliphatic hydroxyl groups excluding tert-OH is 2. The van der Waals surface area contributed by atoms with E-state index in [4.69, 9.17) is 4.74 Å². The molecule has 4 N–H and O–H groups in total. The maximum absolute atomic E-state index is 14.3. The highest BCUT2D eigenvalue weighted by atomic mass is 32.2. The standard InChI is InChI=1S/C39H55N3O7S/c1-28(2)24-25-42(50(47,48)33-22-20-29(26-43)21-23-33)32(27-44)18-13-19-34(39(3,4)5)40-37(45)36(41-38(46)49-6)35(30-14-9-7-10-15-30)31-16-11-8-12-17-31/h7-12,14-17,20-23,28,32,34-36,43-44H,13,18-19,24-27H2,1-6H3,(H,40,45)(H,41,46)/t32-,34+,36-/m0/s1. The number of carbonyl (C=O) groups excluding carboxylic acids is 2. The molecule has 0 spiro atoms. The molecule has 50 heavy (non-hydrogen) atoms. The SMILES string of the molecule is COC(=O)N[C@H](C(=O)N[C@H](CCC[C@@H](CO)N(CCC(C)C)S(=O)(=O)c1ccc(CO)cc1)C(C)(C)C)C(c1ccccc1)c1ccccc1. The molecule has 0 radical (unpaired) electrons. The molecule has 0 aliphatic carbocycles. The number of hydrogen-bond donors (Lipinski definition) is 4. The minimum Gasteiger partial charge on any atom is -0.453 e. The van der Waals surface area contributed by atoms with Crippen molar-refractivity contribution in [3.63, 3.8) is 0 Å². The fraction of sp³-hybridized carbons (Fsp3) is 0.487. The first-order valence-electron chi connectivity index (χ1n) is 17.3. The van der Waals surface area contributed by atoms with Crippen LogP contribution in [-0.4, -0.2) is 73.3 Å². The van der Waals surface area contributed by atoms with Crippen molar-refractivity contribution in [2.75, 3.05) is 20.3 Å². The second-order valence-electron chi connectivity index (χ2n) is 14.2. The van der Waals surface area contributed by atoms with E-state index in [0.717, 1.165) is 11.1 Å². The minimum atomic E-state index is -3.95. The molecule has 0 bridgehead atoms. The van der Waals surface area contributed by atoms with Gasteiger partial charge in [-0.25, -0.2) is 13.2 Å². The lowest BCUT2D eigenvalue weighted by molar-refractivity contribution is -0.125. The number of alkyl carbamates (subject to hydrolysis) is 1. The van der Waals surface area contributed by atoms with Crippen molar-refractivity contribution in [2.24, 2.45) is 11.3 Å². The lowest BCUT2D eigenvalue weighted by atomic mass is 9.81. The Bertz CT molecular complexity index is 1540. The molecule has 10 nitrogen and oxygen atoms in total.